The van der Waals surface area contributed by atoms with E-state index in [0.717, 1.165) is 18.2 Å². The summed E-state index contributed by atoms with van der Waals surface area (Å²) in [5, 5.41) is 15.3. The monoisotopic (exact) mass is 240 g/mol. The second kappa shape index (κ2) is 7.81. The average Bonchev–Trinajstić information content (AvgIpc) is 2.30. The Hall–Kier alpha value is -1.40. The summed E-state index contributed by atoms with van der Waals surface area (Å²) >= 11 is 0. The third-order valence-corrected chi connectivity index (χ3v) is 2.22. The molecule has 0 aliphatic heterocycles. The first-order valence-electron chi connectivity index (χ1n) is 5.72. The molecule has 0 radical (unpaired) electrons. The molecule has 0 aliphatic carbocycles. The van der Waals surface area contributed by atoms with Gasteiger partial charge in [0, 0.05) is 26.3 Å². The molecule has 1 rings (SSSR count). The van der Waals surface area contributed by atoms with E-state index in [-0.39, 0.29) is 12.6 Å². The van der Waals surface area contributed by atoms with E-state index in [4.69, 9.17) is 9.84 Å². The van der Waals surface area contributed by atoms with E-state index in [1.54, 1.807) is 7.11 Å². The van der Waals surface area contributed by atoms with Crippen molar-refractivity contribution in [1.29, 1.82) is 0 Å². The summed E-state index contributed by atoms with van der Waals surface area (Å²) in [7, 11) is 1.64. The Kier molecular flexibility index (Phi) is 6.27. The van der Waals surface area contributed by atoms with Gasteiger partial charge in [0.2, 0.25) is 0 Å². The fourth-order valence-electron chi connectivity index (χ4n) is 1.48. The number of ether oxygens (including phenoxy) is 1. The lowest BCUT2D eigenvalue weighted by atomic mass is 10.2. The third kappa shape index (κ3) is 4.97. The maximum absolute atomic E-state index is 8.94. The van der Waals surface area contributed by atoms with Crippen LogP contribution in [-0.2, 0) is 4.74 Å². The van der Waals surface area contributed by atoms with E-state index < -0.39 is 0 Å². The normalized spacial score (nSPS) is 12.2. The first-order chi connectivity index (χ1) is 8.30. The number of nitrogens with one attached hydrogen (secondary N) is 2. The molecule has 17 heavy (non-hydrogen) atoms. The Morgan fingerprint density at radius 2 is 2.18 bits per heavy atom. The smallest absolute Gasteiger partial charge is 0.131 e. The molecule has 1 aromatic heterocycles. The molecule has 0 aliphatic rings. The molecular formula is C11H20N4O2. The van der Waals surface area contributed by atoms with Crippen molar-refractivity contribution in [3.8, 4) is 0 Å². The highest BCUT2D eigenvalue weighted by atomic mass is 16.5. The lowest BCUT2D eigenvalue weighted by Crippen LogP contribution is -2.26. The van der Waals surface area contributed by atoms with Crippen LogP contribution in [0.25, 0.3) is 0 Å². The molecule has 6 nitrogen and oxygen atoms in total. The molecule has 1 aromatic rings. The Bertz CT molecular complexity index is 316. The molecule has 0 fully saturated rings. The predicted octanol–water partition coefficient (Wildman–Crippen LogP) is 0.718. The van der Waals surface area contributed by atoms with E-state index >= 15 is 0 Å². The van der Waals surface area contributed by atoms with Crippen LogP contribution in [0.15, 0.2) is 12.4 Å². The van der Waals surface area contributed by atoms with Crippen LogP contribution < -0.4 is 10.6 Å². The van der Waals surface area contributed by atoms with Crippen LogP contribution in [0, 0.1) is 0 Å². The van der Waals surface area contributed by atoms with Crippen LogP contribution in [0.3, 0.4) is 0 Å². The van der Waals surface area contributed by atoms with Gasteiger partial charge < -0.3 is 20.5 Å². The van der Waals surface area contributed by atoms with Gasteiger partial charge in [-0.05, 0) is 13.3 Å². The van der Waals surface area contributed by atoms with Crippen molar-refractivity contribution in [3.05, 3.63) is 12.4 Å². The molecule has 1 unspecified atom stereocenters. The summed E-state index contributed by atoms with van der Waals surface area (Å²) in [5.74, 6) is 1.51. The third-order valence-electron chi connectivity index (χ3n) is 2.22. The van der Waals surface area contributed by atoms with Crippen molar-refractivity contribution in [1.82, 2.24) is 9.97 Å². The number of aliphatic hydroxyl groups excluding tert-OH is 1. The largest absolute Gasteiger partial charge is 0.396 e. The zero-order valence-electron chi connectivity index (χ0n) is 10.3. The fraction of sp³-hybridized carbons (Fsp3) is 0.636. The number of methoxy groups -OCH3 is 1. The summed E-state index contributed by atoms with van der Waals surface area (Å²) in [4.78, 5) is 8.21. The summed E-state index contributed by atoms with van der Waals surface area (Å²) < 4.78 is 5.07. The standard InChI is InChI=1S/C11H20N4O2/c1-3-12-10-6-11(14-8-13-10)15-9(4-5-16)7-17-2/h6,8-9,16H,3-5,7H2,1-2H3,(H2,12,13,14,15). The minimum atomic E-state index is 0.0503. The molecule has 6 heteroatoms. The maximum Gasteiger partial charge on any atom is 0.131 e. The zero-order chi connectivity index (χ0) is 12.5. The summed E-state index contributed by atoms with van der Waals surface area (Å²) in [6.07, 6.45) is 2.12. The molecular weight excluding hydrogens is 220 g/mol. The van der Waals surface area contributed by atoms with Gasteiger partial charge >= 0.3 is 0 Å². The van der Waals surface area contributed by atoms with Crippen molar-refractivity contribution in [2.24, 2.45) is 0 Å². The molecule has 0 saturated heterocycles. The number of aromatic nitrogens is 2. The van der Waals surface area contributed by atoms with Crippen LogP contribution in [0.1, 0.15) is 13.3 Å². The SMILES string of the molecule is CCNc1cc(NC(CCO)COC)ncn1. The van der Waals surface area contributed by atoms with Gasteiger partial charge in [0.15, 0.2) is 0 Å². The van der Waals surface area contributed by atoms with Crippen molar-refractivity contribution in [3.63, 3.8) is 0 Å². The topological polar surface area (TPSA) is 79.3 Å². The summed E-state index contributed by atoms with van der Waals surface area (Å²) in [6.45, 7) is 3.47. The molecule has 0 bridgehead atoms. The van der Waals surface area contributed by atoms with E-state index in [1.165, 1.54) is 6.33 Å². The van der Waals surface area contributed by atoms with Crippen molar-refractivity contribution in [2.75, 3.05) is 37.5 Å². The van der Waals surface area contributed by atoms with E-state index in [2.05, 4.69) is 20.6 Å². The van der Waals surface area contributed by atoms with Gasteiger partial charge in [-0.25, -0.2) is 9.97 Å². The Balaban J connectivity index is 2.60. The highest BCUT2D eigenvalue weighted by molar-refractivity contribution is 5.46. The first kappa shape index (κ1) is 13.7. The summed E-state index contributed by atoms with van der Waals surface area (Å²) in [6, 6.07) is 1.89. The van der Waals surface area contributed by atoms with Crippen molar-refractivity contribution < 1.29 is 9.84 Å². The van der Waals surface area contributed by atoms with Crippen LogP contribution in [0.4, 0.5) is 11.6 Å². The molecule has 0 amide bonds. The number of aliphatic hydroxyl groups is 1. The van der Waals surface area contributed by atoms with Crippen LogP contribution in [0.2, 0.25) is 0 Å². The van der Waals surface area contributed by atoms with Gasteiger partial charge in [0.25, 0.3) is 0 Å². The number of rotatable bonds is 8. The number of anilines is 2. The van der Waals surface area contributed by atoms with Crippen LogP contribution >= 0.6 is 0 Å². The van der Waals surface area contributed by atoms with Crippen LogP contribution in [0.5, 0.6) is 0 Å². The van der Waals surface area contributed by atoms with Crippen molar-refractivity contribution >= 4 is 11.6 Å². The highest BCUT2D eigenvalue weighted by Gasteiger charge is 2.08. The Morgan fingerprint density at radius 3 is 2.82 bits per heavy atom. The van der Waals surface area contributed by atoms with Crippen LogP contribution in [-0.4, -0.2) is 48.0 Å². The second-order valence-corrected chi connectivity index (χ2v) is 3.63. The minimum absolute atomic E-state index is 0.0503. The lowest BCUT2D eigenvalue weighted by Gasteiger charge is -2.17. The number of hydrogen-bond acceptors (Lipinski definition) is 6. The molecule has 0 spiro atoms. The van der Waals surface area contributed by atoms with Gasteiger partial charge in [-0.15, -0.1) is 0 Å². The number of hydrogen-bond donors (Lipinski definition) is 3. The fourth-order valence-corrected chi connectivity index (χ4v) is 1.48. The van der Waals surface area contributed by atoms with Crippen molar-refractivity contribution in [2.45, 2.75) is 19.4 Å². The Morgan fingerprint density at radius 1 is 1.41 bits per heavy atom. The van der Waals surface area contributed by atoms with Gasteiger partial charge in [-0.3, -0.25) is 0 Å². The molecule has 0 saturated carbocycles. The first-order valence-corrected chi connectivity index (χ1v) is 5.72. The second-order valence-electron chi connectivity index (χ2n) is 3.63. The predicted molar refractivity (Wildman–Crippen MR) is 67.2 cm³/mol. The van der Waals surface area contributed by atoms with Gasteiger partial charge in [0.05, 0.1) is 12.6 Å². The van der Waals surface area contributed by atoms with E-state index in [0.29, 0.717) is 13.0 Å². The van der Waals surface area contributed by atoms with E-state index in [1.807, 2.05) is 13.0 Å². The number of nitrogens with zero attached hydrogens (tertiary/aromatic N) is 2. The minimum Gasteiger partial charge on any atom is -0.396 e. The molecule has 96 valence electrons. The molecule has 3 N–H and O–H groups in total. The maximum atomic E-state index is 8.94. The zero-order valence-corrected chi connectivity index (χ0v) is 10.3. The van der Waals surface area contributed by atoms with Gasteiger partial charge in [-0.2, -0.15) is 0 Å². The molecule has 1 heterocycles. The van der Waals surface area contributed by atoms with E-state index in [9.17, 15) is 0 Å². The highest BCUT2D eigenvalue weighted by Crippen LogP contribution is 2.10. The average molecular weight is 240 g/mol. The lowest BCUT2D eigenvalue weighted by molar-refractivity contribution is 0.170. The van der Waals surface area contributed by atoms with Gasteiger partial charge in [0.1, 0.15) is 18.0 Å². The van der Waals surface area contributed by atoms with Gasteiger partial charge in [-0.1, -0.05) is 0 Å². The Labute approximate surface area is 101 Å². The summed E-state index contributed by atoms with van der Waals surface area (Å²) in [5.41, 5.74) is 0. The molecule has 1 atom stereocenters. The molecule has 0 aromatic carbocycles. The quantitative estimate of drug-likeness (QED) is 0.621.